The summed E-state index contributed by atoms with van der Waals surface area (Å²) in [4.78, 5) is 20.2. The minimum Gasteiger partial charge on any atom is -0.444 e. The number of hydrogen-bond donors (Lipinski definition) is 1. The van der Waals surface area contributed by atoms with Gasteiger partial charge < -0.3 is 19.9 Å². The quantitative estimate of drug-likeness (QED) is 0.332. The molecule has 1 rings (SSSR count). The second-order valence-electron chi connectivity index (χ2n) is 8.44. The lowest BCUT2D eigenvalue weighted by Gasteiger charge is -2.39. The largest absolute Gasteiger partial charge is 0.444 e. The Balaban J connectivity index is 0.00000729. The van der Waals surface area contributed by atoms with Gasteiger partial charge in [0.05, 0.1) is 10.5 Å². The summed E-state index contributed by atoms with van der Waals surface area (Å²) in [6.07, 6.45) is 0.512. The first-order valence-electron chi connectivity index (χ1n) is 9.49. The fourth-order valence-electron chi connectivity index (χ4n) is 2.85. The van der Waals surface area contributed by atoms with E-state index in [1.807, 2.05) is 32.6 Å². The monoisotopic (exact) mass is 532 g/mol. The number of amides is 1. The number of carbonyl (C=O) groups is 1. The maximum atomic E-state index is 12.3. The van der Waals surface area contributed by atoms with Crippen molar-refractivity contribution in [3.63, 3.8) is 0 Å². The van der Waals surface area contributed by atoms with E-state index in [1.165, 1.54) is 0 Å². The summed E-state index contributed by atoms with van der Waals surface area (Å²) in [5, 5.41) is 3.24. The van der Waals surface area contributed by atoms with E-state index in [1.54, 1.807) is 25.8 Å². The van der Waals surface area contributed by atoms with Crippen molar-refractivity contribution < 1.29 is 17.9 Å². The SMILES string of the molecule is CCCN(CCNC(=NC)N1CCS(=O)(=O)C(C)(C)C1)C(=O)OC(C)(C)C.I. The summed E-state index contributed by atoms with van der Waals surface area (Å²) >= 11 is 0. The van der Waals surface area contributed by atoms with Crippen molar-refractivity contribution in [2.75, 3.05) is 45.5 Å². The van der Waals surface area contributed by atoms with Crippen molar-refractivity contribution in [3.05, 3.63) is 0 Å². The summed E-state index contributed by atoms with van der Waals surface area (Å²) in [6.45, 7) is 13.5. The number of nitrogens with one attached hydrogen (secondary N) is 1. The van der Waals surface area contributed by atoms with Gasteiger partial charge in [0, 0.05) is 39.8 Å². The van der Waals surface area contributed by atoms with Crippen LogP contribution in [-0.2, 0) is 14.6 Å². The molecule has 1 aliphatic rings. The summed E-state index contributed by atoms with van der Waals surface area (Å²) < 4.78 is 29.0. The first-order valence-corrected chi connectivity index (χ1v) is 11.1. The van der Waals surface area contributed by atoms with E-state index >= 15 is 0 Å². The minimum atomic E-state index is -3.10. The Morgan fingerprint density at radius 2 is 1.89 bits per heavy atom. The van der Waals surface area contributed by atoms with Crippen LogP contribution in [0.1, 0.15) is 48.0 Å². The number of carbonyl (C=O) groups excluding carboxylic acids is 1. The van der Waals surface area contributed by atoms with Gasteiger partial charge >= 0.3 is 6.09 Å². The molecule has 0 aromatic rings. The van der Waals surface area contributed by atoms with Crippen LogP contribution in [0.25, 0.3) is 0 Å². The highest BCUT2D eigenvalue weighted by atomic mass is 127. The predicted octanol–water partition coefficient (Wildman–Crippen LogP) is 2.34. The zero-order valence-electron chi connectivity index (χ0n) is 18.2. The fraction of sp³-hybridized carbons (Fsp3) is 0.889. The van der Waals surface area contributed by atoms with Crippen molar-refractivity contribution in [2.24, 2.45) is 4.99 Å². The summed E-state index contributed by atoms with van der Waals surface area (Å²) in [5.74, 6) is 0.763. The third-order valence-electron chi connectivity index (χ3n) is 4.36. The van der Waals surface area contributed by atoms with E-state index in [-0.39, 0.29) is 35.8 Å². The molecule has 10 heteroatoms. The molecule has 0 aromatic heterocycles. The highest BCUT2D eigenvalue weighted by molar-refractivity contribution is 14.0. The van der Waals surface area contributed by atoms with Gasteiger partial charge in [-0.1, -0.05) is 6.92 Å². The highest BCUT2D eigenvalue weighted by Gasteiger charge is 2.40. The molecule has 166 valence electrons. The molecule has 0 radical (unpaired) electrons. The molecule has 0 saturated carbocycles. The summed E-state index contributed by atoms with van der Waals surface area (Å²) in [6, 6.07) is 0. The number of sulfone groups is 1. The van der Waals surface area contributed by atoms with Gasteiger partial charge in [0.2, 0.25) is 0 Å². The predicted molar refractivity (Wildman–Crippen MR) is 124 cm³/mol. The van der Waals surface area contributed by atoms with E-state index in [2.05, 4.69) is 10.3 Å². The number of nitrogens with zero attached hydrogens (tertiary/aromatic N) is 3. The van der Waals surface area contributed by atoms with Crippen LogP contribution >= 0.6 is 24.0 Å². The highest BCUT2D eigenvalue weighted by Crippen LogP contribution is 2.23. The fourth-order valence-corrected chi connectivity index (χ4v) is 4.22. The molecule has 0 aliphatic carbocycles. The molecule has 1 N–H and O–H groups in total. The normalized spacial score (nSPS) is 18.8. The molecule has 1 heterocycles. The number of guanidine groups is 1. The van der Waals surface area contributed by atoms with E-state index < -0.39 is 20.2 Å². The van der Waals surface area contributed by atoms with Crippen molar-refractivity contribution in [3.8, 4) is 0 Å². The summed E-state index contributed by atoms with van der Waals surface area (Å²) in [5.41, 5.74) is -0.530. The van der Waals surface area contributed by atoms with Crippen molar-refractivity contribution in [1.29, 1.82) is 0 Å². The average Bonchev–Trinajstić information content (AvgIpc) is 2.51. The molecule has 0 bridgehead atoms. The van der Waals surface area contributed by atoms with E-state index in [0.717, 1.165) is 6.42 Å². The van der Waals surface area contributed by atoms with E-state index in [9.17, 15) is 13.2 Å². The lowest BCUT2D eigenvalue weighted by Crippen LogP contribution is -2.57. The Morgan fingerprint density at radius 1 is 1.29 bits per heavy atom. The molecular formula is C18H37IN4O4S. The standard InChI is InChI=1S/C18H36N4O4S.HI/c1-8-10-21(16(23)26-17(2,3)4)11-9-20-15(19-7)22-12-13-27(24,25)18(5,6)14-22;/h8-14H2,1-7H3,(H,19,20);1H. The third kappa shape index (κ3) is 7.92. The Bertz CT molecular complexity index is 644. The first-order chi connectivity index (χ1) is 12.3. The first kappa shape index (κ1) is 27.2. The number of aliphatic imine (C=N–C) groups is 1. The van der Waals surface area contributed by atoms with Gasteiger partial charge in [-0.25, -0.2) is 13.2 Å². The molecule has 8 nitrogen and oxygen atoms in total. The lowest BCUT2D eigenvalue weighted by molar-refractivity contribution is 0.0253. The molecule has 0 unspecified atom stereocenters. The second-order valence-corrected chi connectivity index (χ2v) is 11.2. The Morgan fingerprint density at radius 3 is 2.36 bits per heavy atom. The Hall–Kier alpha value is -0.780. The van der Waals surface area contributed by atoms with Crippen molar-refractivity contribution in [2.45, 2.75) is 58.3 Å². The van der Waals surface area contributed by atoms with Crippen LogP contribution in [0.5, 0.6) is 0 Å². The molecule has 1 amide bonds. The minimum absolute atomic E-state index is 0. The molecule has 1 saturated heterocycles. The Kier molecular flexibility index (Phi) is 10.5. The van der Waals surface area contributed by atoms with Crippen LogP contribution in [0.3, 0.4) is 0 Å². The Labute approximate surface area is 187 Å². The van der Waals surface area contributed by atoms with Crippen LogP contribution in [0.4, 0.5) is 4.79 Å². The number of ether oxygens (including phenoxy) is 1. The molecule has 0 spiro atoms. The van der Waals surface area contributed by atoms with E-state index in [0.29, 0.717) is 38.7 Å². The van der Waals surface area contributed by atoms with Gasteiger partial charge in [-0.05, 0) is 41.0 Å². The summed E-state index contributed by atoms with van der Waals surface area (Å²) in [7, 11) is -1.42. The topological polar surface area (TPSA) is 91.3 Å². The van der Waals surface area contributed by atoms with Crippen molar-refractivity contribution in [1.82, 2.24) is 15.1 Å². The zero-order valence-corrected chi connectivity index (χ0v) is 21.4. The number of halogens is 1. The third-order valence-corrected chi connectivity index (χ3v) is 6.90. The lowest BCUT2D eigenvalue weighted by atomic mass is 10.2. The maximum absolute atomic E-state index is 12.3. The molecule has 0 aromatic carbocycles. The molecule has 1 aliphatic heterocycles. The number of hydrogen-bond acceptors (Lipinski definition) is 5. The van der Waals surface area contributed by atoms with Crippen LogP contribution in [0, 0.1) is 0 Å². The van der Waals surface area contributed by atoms with E-state index in [4.69, 9.17) is 4.74 Å². The smallest absolute Gasteiger partial charge is 0.410 e. The van der Waals surface area contributed by atoms with Crippen LogP contribution in [0.2, 0.25) is 0 Å². The van der Waals surface area contributed by atoms with Gasteiger partial charge in [0.15, 0.2) is 15.8 Å². The van der Waals surface area contributed by atoms with Gasteiger partial charge in [-0.3, -0.25) is 4.99 Å². The van der Waals surface area contributed by atoms with Gasteiger partial charge in [0.1, 0.15) is 5.60 Å². The molecular weight excluding hydrogens is 495 g/mol. The molecule has 28 heavy (non-hydrogen) atoms. The number of rotatable bonds is 5. The van der Waals surface area contributed by atoms with Crippen LogP contribution in [-0.4, -0.2) is 86.1 Å². The zero-order chi connectivity index (χ0) is 20.9. The van der Waals surface area contributed by atoms with Gasteiger partial charge in [-0.2, -0.15) is 0 Å². The van der Waals surface area contributed by atoms with Gasteiger partial charge in [-0.15, -0.1) is 24.0 Å². The molecule has 1 fully saturated rings. The maximum Gasteiger partial charge on any atom is 0.410 e. The molecule has 0 atom stereocenters. The van der Waals surface area contributed by atoms with Gasteiger partial charge in [0.25, 0.3) is 0 Å². The average molecular weight is 532 g/mol. The van der Waals surface area contributed by atoms with Crippen molar-refractivity contribution >= 4 is 45.9 Å². The van der Waals surface area contributed by atoms with Crippen LogP contribution < -0.4 is 5.32 Å². The van der Waals surface area contributed by atoms with Crippen LogP contribution in [0.15, 0.2) is 4.99 Å². The second kappa shape index (κ2) is 10.8.